The topological polar surface area (TPSA) is 107 Å². The third-order valence-electron chi connectivity index (χ3n) is 7.23. The molecule has 184 valence electrons. The third kappa shape index (κ3) is 4.61. The molecule has 1 amide bonds. The number of nitrogens with one attached hydrogen (secondary N) is 1. The van der Waals surface area contributed by atoms with Gasteiger partial charge in [-0.2, -0.15) is 0 Å². The molecule has 2 fully saturated rings. The molecule has 1 aromatic carbocycles. The first-order valence-electron chi connectivity index (χ1n) is 11.6. The Morgan fingerprint density at radius 3 is 2.68 bits per heavy atom. The van der Waals surface area contributed by atoms with Gasteiger partial charge in [-0.25, -0.2) is 0 Å². The maximum atomic E-state index is 13.1. The molecule has 0 spiro atoms. The van der Waals surface area contributed by atoms with Crippen molar-refractivity contribution in [1.29, 1.82) is 0 Å². The van der Waals surface area contributed by atoms with Gasteiger partial charge in [0.2, 0.25) is 5.91 Å². The summed E-state index contributed by atoms with van der Waals surface area (Å²) in [5.41, 5.74) is 2.13. The summed E-state index contributed by atoms with van der Waals surface area (Å²) in [6, 6.07) is 5.88. The Hall–Kier alpha value is -3.07. The Kier molecular flexibility index (Phi) is 7.11. The van der Waals surface area contributed by atoms with Crippen LogP contribution in [-0.4, -0.2) is 74.4 Å². The van der Waals surface area contributed by atoms with Crippen LogP contribution in [0, 0.1) is 17.8 Å². The molecule has 1 aliphatic heterocycles. The number of esters is 2. The Balaban J connectivity index is 1.51. The second kappa shape index (κ2) is 10.0. The summed E-state index contributed by atoms with van der Waals surface area (Å²) < 4.78 is 21.5. The normalized spacial score (nSPS) is 26.8. The summed E-state index contributed by atoms with van der Waals surface area (Å²) >= 11 is 0. The van der Waals surface area contributed by atoms with Crippen LogP contribution >= 0.6 is 0 Å². The number of carbonyl (C=O) groups is 3. The van der Waals surface area contributed by atoms with Crippen molar-refractivity contribution in [3.05, 3.63) is 30.0 Å². The van der Waals surface area contributed by atoms with Crippen LogP contribution in [0.1, 0.15) is 25.3 Å². The minimum atomic E-state index is -0.662. The minimum absolute atomic E-state index is 0.000568. The number of rotatable bonds is 7. The molecule has 2 aromatic rings. The van der Waals surface area contributed by atoms with Gasteiger partial charge in [0.1, 0.15) is 18.0 Å². The second-order valence-electron chi connectivity index (χ2n) is 9.08. The number of hydrogen-bond acceptors (Lipinski definition) is 7. The summed E-state index contributed by atoms with van der Waals surface area (Å²) in [5, 5.41) is 1.07. The molecule has 1 saturated carbocycles. The van der Waals surface area contributed by atoms with Gasteiger partial charge in [0.05, 0.1) is 20.1 Å². The van der Waals surface area contributed by atoms with E-state index < -0.39 is 30.1 Å². The molecular formula is C25H32N2O7. The van der Waals surface area contributed by atoms with Gasteiger partial charge in [0, 0.05) is 50.6 Å². The minimum Gasteiger partial charge on any atom is -0.497 e. The smallest absolute Gasteiger partial charge is 0.311 e. The first-order valence-corrected chi connectivity index (χ1v) is 11.6. The molecule has 0 bridgehead atoms. The monoisotopic (exact) mass is 472 g/mol. The molecule has 5 atom stereocenters. The lowest BCUT2D eigenvalue weighted by Crippen LogP contribution is -2.58. The molecule has 4 rings (SSSR count). The summed E-state index contributed by atoms with van der Waals surface area (Å²) in [6.45, 7) is 2.40. The zero-order chi connectivity index (χ0) is 24.4. The van der Waals surface area contributed by atoms with Gasteiger partial charge in [0.15, 0.2) is 0 Å². The highest BCUT2D eigenvalue weighted by Gasteiger charge is 2.53. The fourth-order valence-corrected chi connectivity index (χ4v) is 5.63. The van der Waals surface area contributed by atoms with Gasteiger partial charge in [-0.05, 0) is 48.4 Å². The number of aromatic amines is 1. The molecule has 5 unspecified atom stereocenters. The number of H-pyrrole nitrogens is 1. The Morgan fingerprint density at radius 2 is 2.00 bits per heavy atom. The van der Waals surface area contributed by atoms with Crippen molar-refractivity contribution < 1.29 is 33.3 Å². The van der Waals surface area contributed by atoms with Crippen molar-refractivity contribution in [2.75, 3.05) is 34.4 Å². The Labute approximate surface area is 198 Å². The lowest BCUT2D eigenvalue weighted by atomic mass is 9.66. The number of fused-ring (bicyclic) bond motifs is 2. The van der Waals surface area contributed by atoms with Crippen LogP contribution in [0.3, 0.4) is 0 Å². The van der Waals surface area contributed by atoms with Crippen LogP contribution in [-0.2, 0) is 35.0 Å². The van der Waals surface area contributed by atoms with Crippen molar-refractivity contribution in [2.24, 2.45) is 17.8 Å². The highest BCUT2D eigenvalue weighted by Crippen LogP contribution is 2.43. The van der Waals surface area contributed by atoms with Crippen molar-refractivity contribution in [3.8, 4) is 5.75 Å². The number of hydrogen-bond donors (Lipinski definition) is 1. The van der Waals surface area contributed by atoms with Gasteiger partial charge in [-0.1, -0.05) is 0 Å². The van der Waals surface area contributed by atoms with Crippen LogP contribution in [0.5, 0.6) is 5.75 Å². The molecule has 9 heteroatoms. The third-order valence-corrected chi connectivity index (χ3v) is 7.23. The standard InChI is InChI=1S/C25H32N2O7/c1-14(28)34-21-9-16-13-27(22(29)11-19(16)23(24(21)32-3)25(30)33-4)8-7-15-12-26-20-6-5-17(31-2)10-18(15)20/h5-6,10,12,16,19,21,23-24,26H,7-9,11,13H2,1-4H3. The first kappa shape index (κ1) is 24.1. The SMILES string of the molecule is COC(=O)C1C2CC(=O)N(CCc3c[nH]c4ccc(OC)cc34)CC2CC(OC(C)=O)C1OC. The first-order chi connectivity index (χ1) is 16.4. The van der Waals surface area contributed by atoms with E-state index in [-0.39, 0.29) is 24.2 Å². The van der Waals surface area contributed by atoms with Crippen LogP contribution < -0.4 is 4.74 Å². The van der Waals surface area contributed by atoms with Gasteiger partial charge in [0.25, 0.3) is 0 Å². The van der Waals surface area contributed by atoms with Gasteiger partial charge >= 0.3 is 11.9 Å². The number of amides is 1. The van der Waals surface area contributed by atoms with Gasteiger partial charge in [-0.15, -0.1) is 0 Å². The number of benzene rings is 1. The zero-order valence-corrected chi connectivity index (χ0v) is 20.0. The van der Waals surface area contributed by atoms with Gasteiger partial charge in [-0.3, -0.25) is 14.4 Å². The maximum absolute atomic E-state index is 13.1. The van der Waals surface area contributed by atoms with Crippen LogP contribution in [0.2, 0.25) is 0 Å². The predicted octanol–water partition coefficient (Wildman–Crippen LogP) is 2.32. The van der Waals surface area contributed by atoms with E-state index >= 15 is 0 Å². The number of ether oxygens (including phenoxy) is 4. The lowest BCUT2D eigenvalue weighted by Gasteiger charge is -2.48. The number of methoxy groups -OCH3 is 3. The van der Waals surface area contributed by atoms with E-state index in [1.165, 1.54) is 21.1 Å². The van der Waals surface area contributed by atoms with E-state index in [1.807, 2.05) is 29.3 Å². The number of likely N-dealkylation sites (tertiary alicyclic amines) is 1. The molecule has 1 aromatic heterocycles. The molecule has 2 heterocycles. The lowest BCUT2D eigenvalue weighted by molar-refractivity contribution is -0.187. The zero-order valence-electron chi connectivity index (χ0n) is 20.0. The Morgan fingerprint density at radius 1 is 1.21 bits per heavy atom. The Bertz CT molecular complexity index is 1060. The molecular weight excluding hydrogens is 440 g/mol. The number of carbonyl (C=O) groups excluding carboxylic acids is 3. The quantitative estimate of drug-likeness (QED) is 0.616. The van der Waals surface area contributed by atoms with Crippen molar-refractivity contribution in [3.63, 3.8) is 0 Å². The summed E-state index contributed by atoms with van der Waals surface area (Å²) in [5.74, 6) is -0.949. The molecule has 1 saturated heterocycles. The molecule has 2 aliphatic rings. The number of aromatic nitrogens is 1. The van der Waals surface area contributed by atoms with E-state index in [4.69, 9.17) is 18.9 Å². The van der Waals surface area contributed by atoms with Crippen molar-refractivity contribution in [2.45, 2.75) is 38.4 Å². The summed E-state index contributed by atoms with van der Waals surface area (Å²) in [4.78, 5) is 42.6. The highest BCUT2D eigenvalue weighted by atomic mass is 16.6. The molecule has 0 radical (unpaired) electrons. The van der Waals surface area contributed by atoms with Crippen LogP contribution in [0.25, 0.3) is 10.9 Å². The average Bonchev–Trinajstić information content (AvgIpc) is 3.23. The van der Waals surface area contributed by atoms with Crippen LogP contribution in [0.4, 0.5) is 0 Å². The fraction of sp³-hybridized carbons (Fsp3) is 0.560. The van der Waals surface area contributed by atoms with E-state index in [2.05, 4.69) is 4.98 Å². The maximum Gasteiger partial charge on any atom is 0.311 e. The molecule has 1 aliphatic carbocycles. The molecule has 1 N–H and O–H groups in total. The van der Waals surface area contributed by atoms with E-state index in [0.29, 0.717) is 25.9 Å². The van der Waals surface area contributed by atoms with E-state index in [1.54, 1.807) is 7.11 Å². The number of nitrogens with zero attached hydrogens (tertiary/aromatic N) is 1. The van der Waals surface area contributed by atoms with Crippen molar-refractivity contribution in [1.82, 2.24) is 9.88 Å². The van der Waals surface area contributed by atoms with E-state index in [0.717, 1.165) is 22.2 Å². The number of piperidine rings is 1. The van der Waals surface area contributed by atoms with Crippen LogP contribution in [0.15, 0.2) is 24.4 Å². The summed E-state index contributed by atoms with van der Waals surface area (Å²) in [6.07, 6.45) is 2.21. The second-order valence-corrected chi connectivity index (χ2v) is 9.08. The van der Waals surface area contributed by atoms with Gasteiger partial charge < -0.3 is 28.8 Å². The largest absolute Gasteiger partial charge is 0.497 e. The fourth-order valence-electron chi connectivity index (χ4n) is 5.63. The molecule has 9 nitrogen and oxygen atoms in total. The van der Waals surface area contributed by atoms with E-state index in [9.17, 15) is 14.4 Å². The molecule has 34 heavy (non-hydrogen) atoms. The predicted molar refractivity (Wildman–Crippen MR) is 123 cm³/mol. The highest BCUT2D eigenvalue weighted by molar-refractivity contribution is 5.85. The summed E-state index contributed by atoms with van der Waals surface area (Å²) in [7, 11) is 4.45. The van der Waals surface area contributed by atoms with Crippen molar-refractivity contribution >= 4 is 28.7 Å². The average molecular weight is 473 g/mol.